The highest BCUT2D eigenvalue weighted by molar-refractivity contribution is 6.24. The molecule has 1 amide bonds. The van der Waals surface area contributed by atoms with Crippen molar-refractivity contribution < 1.29 is 4.79 Å². The molecule has 5 heteroatoms. The molecule has 0 N–H and O–H groups in total. The van der Waals surface area contributed by atoms with Crippen molar-refractivity contribution in [1.29, 1.82) is 0 Å². The number of hydrogen-bond donors (Lipinski definition) is 0. The molecule has 0 bridgehead atoms. The number of allylic oxidation sites excluding steroid dienone is 1. The van der Waals surface area contributed by atoms with E-state index < -0.39 is 0 Å². The van der Waals surface area contributed by atoms with Crippen LogP contribution in [0.3, 0.4) is 0 Å². The van der Waals surface area contributed by atoms with E-state index in [0.717, 1.165) is 21.5 Å². The average Bonchev–Trinajstić information content (AvgIpc) is 2.79. The third-order valence-corrected chi connectivity index (χ3v) is 3.05. The van der Waals surface area contributed by atoms with E-state index in [9.17, 15) is 4.79 Å². The Balaban J connectivity index is 2.27. The lowest BCUT2D eigenvalue weighted by molar-refractivity contribution is -0.112. The first-order valence-corrected chi connectivity index (χ1v) is 5.45. The Hall–Kier alpha value is -2.69. The predicted molar refractivity (Wildman–Crippen MR) is 65.3 cm³/mol. The van der Waals surface area contributed by atoms with Gasteiger partial charge in [-0.2, -0.15) is 0 Å². The van der Waals surface area contributed by atoms with Crippen molar-refractivity contribution >= 4 is 28.6 Å². The number of fused-ring (bicyclic) bond motifs is 4. The first-order chi connectivity index (χ1) is 8.84. The van der Waals surface area contributed by atoms with Crippen molar-refractivity contribution in [2.45, 2.75) is 0 Å². The lowest BCUT2D eigenvalue weighted by Crippen LogP contribution is -2.26. The van der Waals surface area contributed by atoms with Crippen LogP contribution in [-0.4, -0.2) is 22.1 Å². The zero-order valence-electron chi connectivity index (χ0n) is 9.16. The number of dihydropyridines is 1. The minimum Gasteiger partial charge on any atom is -0.267 e. The Morgan fingerprint density at radius 3 is 3.06 bits per heavy atom. The Morgan fingerprint density at radius 2 is 2.11 bits per heavy atom. The molecule has 18 heavy (non-hydrogen) atoms. The summed E-state index contributed by atoms with van der Waals surface area (Å²) >= 11 is 0. The van der Waals surface area contributed by atoms with Crippen LogP contribution >= 0.6 is 0 Å². The number of aromatic nitrogens is 2. The standard InChI is InChI=1S/C13H6N4O/c18-13-10-8-2-1-7-5-14-6-16-11(7)12(8)17-9(10)3-4-15-13/h1-6H. The van der Waals surface area contributed by atoms with E-state index in [1.165, 1.54) is 12.5 Å². The molecule has 0 unspecified atom stereocenters. The SMILES string of the molecule is O=C1N=CC=C2N=c3c(ccc4cncnc34)=C12. The summed E-state index contributed by atoms with van der Waals surface area (Å²) in [5.41, 5.74) is 1.99. The molecule has 0 atom stereocenters. The van der Waals surface area contributed by atoms with E-state index in [2.05, 4.69) is 20.0 Å². The highest BCUT2D eigenvalue weighted by Crippen LogP contribution is 2.18. The molecular weight excluding hydrogens is 228 g/mol. The summed E-state index contributed by atoms with van der Waals surface area (Å²) < 4.78 is 0. The first kappa shape index (κ1) is 9.35. The maximum atomic E-state index is 11.8. The van der Waals surface area contributed by atoms with E-state index in [4.69, 9.17) is 0 Å². The minimum atomic E-state index is -0.247. The summed E-state index contributed by atoms with van der Waals surface area (Å²) in [5, 5.41) is 2.44. The minimum absolute atomic E-state index is 0.247. The fourth-order valence-corrected chi connectivity index (χ4v) is 2.25. The van der Waals surface area contributed by atoms with Crippen LogP contribution in [0.1, 0.15) is 0 Å². The van der Waals surface area contributed by atoms with Gasteiger partial charge in [0.15, 0.2) is 0 Å². The second-order valence-corrected chi connectivity index (χ2v) is 4.04. The summed E-state index contributed by atoms with van der Waals surface area (Å²) in [6.45, 7) is 0. The third kappa shape index (κ3) is 1.08. The maximum absolute atomic E-state index is 11.8. The summed E-state index contributed by atoms with van der Waals surface area (Å²) in [7, 11) is 0. The van der Waals surface area contributed by atoms with Crippen LogP contribution in [0.2, 0.25) is 0 Å². The van der Waals surface area contributed by atoms with Gasteiger partial charge in [-0.05, 0) is 6.08 Å². The predicted octanol–water partition coefficient (Wildman–Crippen LogP) is -0.0914. The van der Waals surface area contributed by atoms with E-state index >= 15 is 0 Å². The van der Waals surface area contributed by atoms with Gasteiger partial charge in [0, 0.05) is 23.0 Å². The van der Waals surface area contributed by atoms with Crippen LogP contribution < -0.4 is 10.6 Å². The highest BCUT2D eigenvalue weighted by Gasteiger charge is 2.22. The van der Waals surface area contributed by atoms with Gasteiger partial charge < -0.3 is 0 Å². The Labute approximate surface area is 101 Å². The van der Waals surface area contributed by atoms with E-state index in [1.54, 1.807) is 12.3 Å². The number of aliphatic imine (C=N–C) groups is 1. The number of benzene rings is 1. The van der Waals surface area contributed by atoms with Crippen LogP contribution in [0.15, 0.2) is 46.4 Å². The van der Waals surface area contributed by atoms with Crippen LogP contribution in [0, 0.1) is 0 Å². The van der Waals surface area contributed by atoms with Gasteiger partial charge in [0.1, 0.15) is 6.33 Å². The van der Waals surface area contributed by atoms with Gasteiger partial charge in [-0.25, -0.2) is 20.0 Å². The second-order valence-electron chi connectivity index (χ2n) is 4.04. The van der Waals surface area contributed by atoms with Gasteiger partial charge in [-0.1, -0.05) is 12.1 Å². The maximum Gasteiger partial charge on any atom is 0.279 e. The Kier molecular flexibility index (Phi) is 1.64. The van der Waals surface area contributed by atoms with Gasteiger partial charge >= 0.3 is 0 Å². The van der Waals surface area contributed by atoms with Gasteiger partial charge in [0.25, 0.3) is 5.91 Å². The lowest BCUT2D eigenvalue weighted by Gasteiger charge is -2.01. The van der Waals surface area contributed by atoms with Crippen molar-refractivity contribution in [3.05, 3.63) is 47.0 Å². The monoisotopic (exact) mass is 234 g/mol. The Bertz CT molecular complexity index is 893. The summed E-state index contributed by atoms with van der Waals surface area (Å²) in [5.74, 6) is -0.247. The smallest absolute Gasteiger partial charge is 0.267 e. The lowest BCUT2D eigenvalue weighted by atomic mass is 10.1. The number of rotatable bonds is 0. The molecule has 0 saturated heterocycles. The van der Waals surface area contributed by atoms with Crippen molar-refractivity contribution in [3.63, 3.8) is 0 Å². The van der Waals surface area contributed by atoms with Crippen molar-refractivity contribution in [2.75, 3.05) is 0 Å². The normalized spacial score (nSPS) is 16.3. The van der Waals surface area contributed by atoms with Gasteiger partial charge in [-0.3, -0.25) is 4.79 Å². The third-order valence-electron chi connectivity index (χ3n) is 3.05. The van der Waals surface area contributed by atoms with Crippen molar-refractivity contribution in [2.24, 2.45) is 9.98 Å². The molecule has 2 aromatic rings. The number of amides is 1. The molecule has 0 saturated carbocycles. The molecule has 1 aromatic heterocycles. The fourth-order valence-electron chi connectivity index (χ4n) is 2.25. The summed E-state index contributed by atoms with van der Waals surface area (Å²) in [6, 6.07) is 3.77. The molecule has 0 fully saturated rings. The molecule has 0 aliphatic carbocycles. The average molecular weight is 234 g/mol. The number of nitrogens with zero attached hydrogens (tertiary/aromatic N) is 4. The largest absolute Gasteiger partial charge is 0.279 e. The van der Waals surface area contributed by atoms with Gasteiger partial charge in [0.2, 0.25) is 0 Å². The molecule has 5 nitrogen and oxygen atoms in total. The molecular formula is C13H6N4O. The van der Waals surface area contributed by atoms with E-state index in [1.807, 2.05) is 12.1 Å². The summed E-state index contributed by atoms with van der Waals surface area (Å²) in [4.78, 5) is 28.3. The molecule has 4 rings (SSSR count). The second kappa shape index (κ2) is 3.16. The number of carbonyl (C=O) groups is 1. The Morgan fingerprint density at radius 1 is 1.17 bits per heavy atom. The topological polar surface area (TPSA) is 67.6 Å². The first-order valence-electron chi connectivity index (χ1n) is 5.45. The molecule has 0 spiro atoms. The highest BCUT2D eigenvalue weighted by atomic mass is 16.1. The molecule has 2 aliphatic rings. The zero-order valence-corrected chi connectivity index (χ0v) is 9.16. The van der Waals surface area contributed by atoms with E-state index in [0.29, 0.717) is 11.3 Å². The molecule has 2 aliphatic heterocycles. The number of hydrogen-bond acceptors (Lipinski definition) is 4. The molecule has 84 valence electrons. The van der Waals surface area contributed by atoms with Crippen LogP contribution in [0.4, 0.5) is 0 Å². The van der Waals surface area contributed by atoms with Gasteiger partial charge in [-0.15, -0.1) is 0 Å². The van der Waals surface area contributed by atoms with Gasteiger partial charge in [0.05, 0.1) is 22.1 Å². The fraction of sp³-hybridized carbons (Fsp3) is 0. The summed E-state index contributed by atoms with van der Waals surface area (Å²) in [6.07, 6.45) is 6.44. The van der Waals surface area contributed by atoms with Crippen molar-refractivity contribution in [1.82, 2.24) is 9.97 Å². The van der Waals surface area contributed by atoms with Crippen LogP contribution in [0.5, 0.6) is 0 Å². The van der Waals surface area contributed by atoms with E-state index in [-0.39, 0.29) is 5.91 Å². The molecule has 3 heterocycles. The van der Waals surface area contributed by atoms with Crippen LogP contribution in [-0.2, 0) is 4.79 Å². The number of carbonyl (C=O) groups excluding carboxylic acids is 1. The zero-order chi connectivity index (χ0) is 12.1. The van der Waals surface area contributed by atoms with Crippen molar-refractivity contribution in [3.8, 4) is 0 Å². The quantitative estimate of drug-likeness (QED) is 0.639. The molecule has 0 radical (unpaired) electrons. The van der Waals surface area contributed by atoms with Crippen LogP contribution in [0.25, 0.3) is 16.5 Å². The molecule has 1 aromatic carbocycles.